The third-order valence-electron chi connectivity index (χ3n) is 5.16. The number of carbonyl (C=O) groups is 1. The van der Waals surface area contributed by atoms with E-state index in [-0.39, 0.29) is 35.9 Å². The van der Waals surface area contributed by atoms with Crippen LogP contribution in [0, 0.1) is 16.0 Å². The fourth-order valence-corrected chi connectivity index (χ4v) is 3.77. The van der Waals surface area contributed by atoms with Gasteiger partial charge in [-0.15, -0.1) is 0 Å². The van der Waals surface area contributed by atoms with Crippen molar-refractivity contribution < 1.29 is 19.0 Å². The number of nitro groups is 1. The molecule has 1 saturated heterocycles. The third kappa shape index (κ3) is 4.66. The molecule has 9 nitrogen and oxygen atoms in total. The average Bonchev–Trinajstić information content (AvgIpc) is 3.26. The molecule has 1 fully saturated rings. The number of ether oxygens (including phenoxy) is 1. The second-order valence-corrected chi connectivity index (χ2v) is 7.52. The van der Waals surface area contributed by atoms with Crippen molar-refractivity contribution in [1.29, 1.82) is 0 Å². The molecule has 0 amide bonds. The van der Waals surface area contributed by atoms with Crippen molar-refractivity contribution in [2.24, 2.45) is 5.92 Å². The zero-order valence-corrected chi connectivity index (χ0v) is 17.2. The van der Waals surface area contributed by atoms with Crippen molar-refractivity contribution in [3.05, 3.63) is 69.5 Å². The van der Waals surface area contributed by atoms with Crippen molar-refractivity contribution in [2.75, 3.05) is 18.0 Å². The molecule has 10 heteroatoms. The van der Waals surface area contributed by atoms with Gasteiger partial charge in [0.1, 0.15) is 5.69 Å². The Morgan fingerprint density at radius 3 is 2.65 bits per heavy atom. The zero-order chi connectivity index (χ0) is 21.8. The monoisotopic (exact) mass is 442 g/mol. The SMILES string of the molecule is O=C(OCc1noc(-c2ccccc2Cl)n1)C1CCN(c2ccccc2[N+](=O)[O-])CC1. The summed E-state index contributed by atoms with van der Waals surface area (Å²) < 4.78 is 10.6. The second kappa shape index (κ2) is 9.13. The third-order valence-corrected chi connectivity index (χ3v) is 5.49. The molecular weight excluding hydrogens is 424 g/mol. The molecule has 0 radical (unpaired) electrons. The van der Waals surface area contributed by atoms with Gasteiger partial charge in [0.25, 0.3) is 11.6 Å². The van der Waals surface area contributed by atoms with Crippen LogP contribution in [0.2, 0.25) is 5.02 Å². The number of nitro benzene ring substituents is 1. The lowest BCUT2D eigenvalue weighted by Crippen LogP contribution is -2.37. The van der Waals surface area contributed by atoms with Crippen molar-refractivity contribution in [2.45, 2.75) is 19.4 Å². The van der Waals surface area contributed by atoms with Crippen molar-refractivity contribution in [1.82, 2.24) is 10.1 Å². The van der Waals surface area contributed by atoms with Crippen LogP contribution >= 0.6 is 11.6 Å². The molecule has 2 heterocycles. The smallest absolute Gasteiger partial charge is 0.309 e. The largest absolute Gasteiger partial charge is 0.457 e. The first-order valence-corrected chi connectivity index (χ1v) is 10.1. The molecule has 0 bridgehead atoms. The minimum absolute atomic E-state index is 0.0648. The minimum atomic E-state index is -0.391. The number of hydrogen-bond donors (Lipinski definition) is 0. The Hall–Kier alpha value is -3.46. The number of benzene rings is 2. The van der Waals surface area contributed by atoms with E-state index in [0.717, 1.165) is 0 Å². The summed E-state index contributed by atoms with van der Waals surface area (Å²) in [6, 6.07) is 13.7. The summed E-state index contributed by atoms with van der Waals surface area (Å²) in [5, 5.41) is 15.6. The fourth-order valence-electron chi connectivity index (χ4n) is 3.55. The van der Waals surface area contributed by atoms with Crippen LogP contribution in [0.15, 0.2) is 53.1 Å². The lowest BCUT2D eigenvalue weighted by atomic mass is 9.96. The molecule has 4 rings (SSSR count). The number of anilines is 1. The topological polar surface area (TPSA) is 112 Å². The number of carbonyl (C=O) groups excluding carboxylic acids is 1. The summed E-state index contributed by atoms with van der Waals surface area (Å²) in [6.07, 6.45) is 1.09. The Labute approximate surface area is 182 Å². The maximum atomic E-state index is 12.5. The van der Waals surface area contributed by atoms with Crippen molar-refractivity contribution >= 4 is 28.9 Å². The van der Waals surface area contributed by atoms with Gasteiger partial charge < -0.3 is 14.2 Å². The van der Waals surface area contributed by atoms with Crippen LogP contribution in [0.25, 0.3) is 11.5 Å². The van der Waals surface area contributed by atoms with Crippen LogP contribution in [0.4, 0.5) is 11.4 Å². The predicted octanol–water partition coefficient (Wildman–Crippen LogP) is 4.26. The second-order valence-electron chi connectivity index (χ2n) is 7.11. The van der Waals surface area contributed by atoms with Crippen molar-refractivity contribution in [3.63, 3.8) is 0 Å². The highest BCUT2D eigenvalue weighted by Gasteiger charge is 2.29. The standard InChI is InChI=1S/C21H19ClN4O5/c22-16-6-2-1-5-15(16)20-23-19(24-31-20)13-30-21(27)14-9-11-25(12-10-14)17-7-3-4-8-18(17)26(28)29/h1-8,14H,9-13H2. The van der Waals surface area contributed by atoms with Gasteiger partial charge in [-0.3, -0.25) is 14.9 Å². The van der Waals surface area contributed by atoms with Crippen LogP contribution in [-0.4, -0.2) is 34.1 Å². The number of aromatic nitrogens is 2. The van der Waals surface area contributed by atoms with Crippen LogP contribution < -0.4 is 4.90 Å². The number of piperidine rings is 1. The van der Waals surface area contributed by atoms with E-state index in [4.69, 9.17) is 20.9 Å². The van der Waals surface area contributed by atoms with Crippen LogP contribution in [-0.2, 0) is 16.1 Å². The molecule has 160 valence electrons. The molecule has 0 N–H and O–H groups in total. The Morgan fingerprint density at radius 1 is 1.19 bits per heavy atom. The first-order valence-electron chi connectivity index (χ1n) is 9.75. The summed E-state index contributed by atoms with van der Waals surface area (Å²) in [4.78, 5) is 29.5. The summed E-state index contributed by atoms with van der Waals surface area (Å²) in [7, 11) is 0. The van der Waals surface area contributed by atoms with Gasteiger partial charge in [0.2, 0.25) is 5.82 Å². The molecule has 1 aliphatic heterocycles. The van der Waals surface area contributed by atoms with E-state index in [0.29, 0.717) is 42.2 Å². The number of esters is 1. The normalized spacial score (nSPS) is 14.4. The van der Waals surface area contributed by atoms with E-state index in [1.807, 2.05) is 11.0 Å². The molecule has 2 aromatic carbocycles. The molecule has 31 heavy (non-hydrogen) atoms. The maximum absolute atomic E-state index is 12.5. The van der Waals surface area contributed by atoms with Crippen LogP contribution in [0.3, 0.4) is 0 Å². The van der Waals surface area contributed by atoms with Gasteiger partial charge in [-0.1, -0.05) is 41.0 Å². The summed E-state index contributed by atoms with van der Waals surface area (Å²) in [6.45, 7) is 0.962. The predicted molar refractivity (Wildman–Crippen MR) is 113 cm³/mol. The maximum Gasteiger partial charge on any atom is 0.309 e. The van der Waals surface area contributed by atoms with E-state index in [1.165, 1.54) is 6.07 Å². The Bertz CT molecular complexity index is 1090. The highest BCUT2D eigenvalue weighted by atomic mass is 35.5. The van der Waals surface area contributed by atoms with Gasteiger partial charge in [-0.05, 0) is 31.0 Å². The van der Waals surface area contributed by atoms with E-state index in [9.17, 15) is 14.9 Å². The molecule has 1 aromatic heterocycles. The molecule has 0 unspecified atom stereocenters. The molecule has 0 saturated carbocycles. The Balaban J connectivity index is 1.31. The van der Waals surface area contributed by atoms with Gasteiger partial charge in [-0.2, -0.15) is 4.98 Å². The minimum Gasteiger partial charge on any atom is -0.457 e. The van der Waals surface area contributed by atoms with Gasteiger partial charge in [0.05, 0.1) is 21.4 Å². The molecule has 3 aromatic rings. The van der Waals surface area contributed by atoms with Crippen molar-refractivity contribution in [3.8, 4) is 11.5 Å². The van der Waals surface area contributed by atoms with E-state index in [1.54, 1.807) is 36.4 Å². The number of hydrogen-bond acceptors (Lipinski definition) is 8. The average molecular weight is 443 g/mol. The number of halogens is 1. The first-order chi connectivity index (χ1) is 15.0. The van der Waals surface area contributed by atoms with E-state index in [2.05, 4.69) is 10.1 Å². The van der Waals surface area contributed by atoms with Gasteiger partial charge >= 0.3 is 5.97 Å². The number of rotatable bonds is 6. The summed E-state index contributed by atoms with van der Waals surface area (Å²) >= 11 is 6.13. The molecule has 0 spiro atoms. The zero-order valence-electron chi connectivity index (χ0n) is 16.4. The fraction of sp³-hybridized carbons (Fsp3) is 0.286. The Kier molecular flexibility index (Phi) is 6.13. The first kappa shape index (κ1) is 20.8. The summed E-state index contributed by atoms with van der Waals surface area (Å²) in [5.74, 6) is -0.115. The molecule has 0 aliphatic carbocycles. The van der Waals surface area contributed by atoms with Gasteiger partial charge in [-0.25, -0.2) is 0 Å². The quantitative estimate of drug-likeness (QED) is 0.316. The van der Waals surface area contributed by atoms with Crippen LogP contribution in [0.5, 0.6) is 0 Å². The number of nitrogens with zero attached hydrogens (tertiary/aromatic N) is 4. The van der Waals surface area contributed by atoms with E-state index < -0.39 is 4.92 Å². The molecular formula is C21H19ClN4O5. The van der Waals surface area contributed by atoms with Gasteiger partial charge in [0.15, 0.2) is 6.61 Å². The molecule has 1 aliphatic rings. The lowest BCUT2D eigenvalue weighted by molar-refractivity contribution is -0.384. The highest BCUT2D eigenvalue weighted by Crippen LogP contribution is 2.31. The Morgan fingerprint density at radius 2 is 1.90 bits per heavy atom. The molecule has 0 atom stereocenters. The van der Waals surface area contributed by atoms with E-state index >= 15 is 0 Å². The lowest BCUT2D eigenvalue weighted by Gasteiger charge is -2.32. The summed E-state index contributed by atoms with van der Waals surface area (Å²) in [5.41, 5.74) is 1.24. The van der Waals surface area contributed by atoms with Gasteiger partial charge in [0, 0.05) is 19.2 Å². The van der Waals surface area contributed by atoms with Crippen LogP contribution in [0.1, 0.15) is 18.7 Å². The highest BCUT2D eigenvalue weighted by molar-refractivity contribution is 6.33. The number of para-hydroxylation sites is 2.